The van der Waals surface area contributed by atoms with E-state index in [1.54, 1.807) is 0 Å². The Morgan fingerprint density at radius 1 is 1.06 bits per heavy atom. The molecule has 0 bridgehead atoms. The third kappa shape index (κ3) is 3.49. The van der Waals surface area contributed by atoms with Crippen molar-refractivity contribution >= 4 is 10.4 Å². The summed E-state index contributed by atoms with van der Waals surface area (Å²) >= 11 is 0. The van der Waals surface area contributed by atoms with Crippen molar-refractivity contribution in [3.63, 3.8) is 0 Å². The summed E-state index contributed by atoms with van der Waals surface area (Å²) in [7, 11) is -4.52. The number of benzene rings is 1. The highest BCUT2D eigenvalue weighted by molar-refractivity contribution is 7.83. The van der Waals surface area contributed by atoms with Crippen LogP contribution in [-0.2, 0) is 17.0 Å². The first-order chi connectivity index (χ1) is 8.05. The van der Waals surface area contributed by atoms with Gasteiger partial charge in [0.25, 0.3) is 0 Å². The van der Waals surface area contributed by atoms with Crippen molar-refractivity contribution in [3.05, 3.63) is 35.9 Å². The van der Waals surface area contributed by atoms with E-state index in [1.807, 2.05) is 30.3 Å². The zero-order chi connectivity index (χ0) is 12.3. The van der Waals surface area contributed by atoms with Gasteiger partial charge in [-0.15, -0.1) is 0 Å². The molecule has 2 rings (SSSR count). The molecular formula is C11H15FN2O2S. The van der Waals surface area contributed by atoms with E-state index < -0.39 is 10.4 Å². The van der Waals surface area contributed by atoms with E-state index in [2.05, 4.69) is 4.90 Å². The van der Waals surface area contributed by atoms with Gasteiger partial charge in [-0.1, -0.05) is 34.2 Å². The Bertz CT molecular complexity index is 456. The average molecular weight is 258 g/mol. The predicted molar refractivity (Wildman–Crippen MR) is 63.3 cm³/mol. The van der Waals surface area contributed by atoms with E-state index >= 15 is 0 Å². The highest BCUT2D eigenvalue weighted by Crippen LogP contribution is 2.11. The van der Waals surface area contributed by atoms with E-state index in [-0.39, 0.29) is 13.1 Å². The largest absolute Gasteiger partial charge is 0.374 e. The average Bonchev–Trinajstić information content (AvgIpc) is 2.30. The fourth-order valence-electron chi connectivity index (χ4n) is 1.95. The first-order valence-electron chi connectivity index (χ1n) is 5.52. The molecule has 1 aliphatic heterocycles. The highest BCUT2D eigenvalue weighted by atomic mass is 32.3. The summed E-state index contributed by atoms with van der Waals surface area (Å²) in [6.07, 6.45) is 0. The van der Waals surface area contributed by atoms with Gasteiger partial charge in [-0.3, -0.25) is 4.90 Å². The third-order valence-corrected chi connectivity index (χ3v) is 3.87. The lowest BCUT2D eigenvalue weighted by atomic mass is 10.2. The lowest BCUT2D eigenvalue weighted by molar-refractivity contribution is 0.177. The van der Waals surface area contributed by atoms with Crippen LogP contribution in [0.25, 0.3) is 0 Å². The van der Waals surface area contributed by atoms with Crippen LogP contribution >= 0.6 is 0 Å². The molecule has 1 fully saturated rings. The first-order valence-corrected chi connectivity index (χ1v) is 6.86. The van der Waals surface area contributed by atoms with Gasteiger partial charge in [0.1, 0.15) is 0 Å². The Hall–Kier alpha value is -0.980. The van der Waals surface area contributed by atoms with Crippen LogP contribution in [0.4, 0.5) is 3.89 Å². The molecule has 1 saturated heterocycles. The second-order valence-electron chi connectivity index (χ2n) is 4.10. The van der Waals surface area contributed by atoms with Crippen LogP contribution in [0.2, 0.25) is 0 Å². The van der Waals surface area contributed by atoms with E-state index in [0.29, 0.717) is 13.1 Å². The van der Waals surface area contributed by atoms with Gasteiger partial charge in [-0.25, -0.2) is 0 Å². The molecule has 0 aliphatic carbocycles. The normalized spacial score (nSPS) is 19.4. The Morgan fingerprint density at radius 2 is 1.65 bits per heavy atom. The summed E-state index contributed by atoms with van der Waals surface area (Å²) < 4.78 is 35.0. The van der Waals surface area contributed by atoms with Crippen LogP contribution < -0.4 is 0 Å². The fourth-order valence-corrected chi connectivity index (χ4v) is 2.55. The molecule has 17 heavy (non-hydrogen) atoms. The Balaban J connectivity index is 1.88. The summed E-state index contributed by atoms with van der Waals surface area (Å²) in [5.41, 5.74) is 1.18. The molecule has 4 nitrogen and oxygen atoms in total. The molecule has 0 radical (unpaired) electrons. The van der Waals surface area contributed by atoms with Crippen molar-refractivity contribution in [2.24, 2.45) is 0 Å². The number of piperazine rings is 1. The Labute approximate surface area is 101 Å². The first kappa shape index (κ1) is 12.5. The number of rotatable bonds is 3. The second kappa shape index (κ2) is 5.12. The summed E-state index contributed by atoms with van der Waals surface area (Å²) in [4.78, 5) is 2.12. The maximum Gasteiger partial charge on any atom is 0.374 e. The SMILES string of the molecule is O=S(=O)(F)N1CCN(Cc2ccccc2)CC1. The monoisotopic (exact) mass is 258 g/mol. The summed E-state index contributed by atoms with van der Waals surface area (Å²) in [6.45, 7) is 2.37. The van der Waals surface area contributed by atoms with Crippen LogP contribution in [0.15, 0.2) is 30.3 Å². The fraction of sp³-hybridized carbons (Fsp3) is 0.455. The summed E-state index contributed by atoms with van der Waals surface area (Å²) in [6, 6.07) is 9.95. The molecule has 1 heterocycles. The molecule has 0 saturated carbocycles. The van der Waals surface area contributed by atoms with Crippen molar-refractivity contribution in [2.75, 3.05) is 26.2 Å². The van der Waals surface area contributed by atoms with E-state index in [4.69, 9.17) is 0 Å². The van der Waals surface area contributed by atoms with Crippen LogP contribution in [0, 0.1) is 0 Å². The number of hydrogen-bond donors (Lipinski definition) is 0. The van der Waals surface area contributed by atoms with Gasteiger partial charge in [0, 0.05) is 32.7 Å². The summed E-state index contributed by atoms with van der Waals surface area (Å²) in [5.74, 6) is 0. The molecule has 0 atom stereocenters. The minimum Gasteiger partial charge on any atom is -0.296 e. The molecule has 1 aliphatic rings. The molecule has 0 unspecified atom stereocenters. The zero-order valence-electron chi connectivity index (χ0n) is 9.42. The Morgan fingerprint density at radius 3 is 2.18 bits per heavy atom. The standard InChI is InChI=1S/C11H15FN2O2S/c12-17(15,16)14-8-6-13(7-9-14)10-11-4-2-1-3-5-11/h1-5H,6-10H2. The molecule has 94 valence electrons. The smallest absolute Gasteiger partial charge is 0.296 e. The zero-order valence-corrected chi connectivity index (χ0v) is 10.2. The van der Waals surface area contributed by atoms with Crippen molar-refractivity contribution in [1.82, 2.24) is 9.21 Å². The lowest BCUT2D eigenvalue weighted by Gasteiger charge is -2.31. The van der Waals surface area contributed by atoms with Gasteiger partial charge >= 0.3 is 10.4 Å². The second-order valence-corrected chi connectivity index (χ2v) is 5.44. The van der Waals surface area contributed by atoms with E-state index in [0.717, 1.165) is 10.8 Å². The molecule has 1 aromatic carbocycles. The van der Waals surface area contributed by atoms with Crippen molar-refractivity contribution < 1.29 is 12.3 Å². The quantitative estimate of drug-likeness (QED) is 0.760. The molecule has 1 aromatic rings. The minimum absolute atomic E-state index is 0.228. The molecule has 0 amide bonds. The highest BCUT2D eigenvalue weighted by Gasteiger charge is 2.26. The van der Waals surface area contributed by atoms with Crippen molar-refractivity contribution in [2.45, 2.75) is 6.54 Å². The minimum atomic E-state index is -4.52. The van der Waals surface area contributed by atoms with Gasteiger partial charge in [0.05, 0.1) is 0 Å². The van der Waals surface area contributed by atoms with Gasteiger partial charge in [0.15, 0.2) is 0 Å². The van der Waals surface area contributed by atoms with Gasteiger partial charge in [-0.2, -0.15) is 12.7 Å². The molecule has 0 spiro atoms. The van der Waals surface area contributed by atoms with Gasteiger partial charge in [-0.05, 0) is 5.56 Å². The van der Waals surface area contributed by atoms with E-state index in [1.165, 1.54) is 5.56 Å². The Kier molecular flexibility index (Phi) is 3.76. The number of halogens is 1. The number of hydrogen-bond acceptors (Lipinski definition) is 3. The molecular weight excluding hydrogens is 243 g/mol. The van der Waals surface area contributed by atoms with Crippen LogP contribution in [0.1, 0.15) is 5.56 Å². The van der Waals surface area contributed by atoms with Gasteiger partial charge in [0.2, 0.25) is 0 Å². The lowest BCUT2D eigenvalue weighted by Crippen LogP contribution is -2.47. The van der Waals surface area contributed by atoms with Crippen LogP contribution in [-0.4, -0.2) is 43.8 Å². The molecule has 0 aromatic heterocycles. The van der Waals surface area contributed by atoms with E-state index in [9.17, 15) is 12.3 Å². The third-order valence-electron chi connectivity index (χ3n) is 2.89. The van der Waals surface area contributed by atoms with Crippen molar-refractivity contribution in [3.8, 4) is 0 Å². The predicted octanol–water partition coefficient (Wildman–Crippen LogP) is 1.02. The summed E-state index contributed by atoms with van der Waals surface area (Å²) in [5, 5.41) is 0. The van der Waals surface area contributed by atoms with Gasteiger partial charge < -0.3 is 0 Å². The number of nitrogens with zero attached hydrogens (tertiary/aromatic N) is 2. The molecule has 0 N–H and O–H groups in total. The molecule has 6 heteroatoms. The van der Waals surface area contributed by atoms with Crippen LogP contribution in [0.5, 0.6) is 0 Å². The topological polar surface area (TPSA) is 40.6 Å². The van der Waals surface area contributed by atoms with Crippen LogP contribution in [0.3, 0.4) is 0 Å². The maximum absolute atomic E-state index is 12.7. The van der Waals surface area contributed by atoms with Crippen molar-refractivity contribution in [1.29, 1.82) is 0 Å². The maximum atomic E-state index is 12.7.